The van der Waals surface area contributed by atoms with E-state index in [4.69, 9.17) is 9.72 Å². The third-order valence-corrected chi connectivity index (χ3v) is 7.63. The zero-order valence-electron chi connectivity index (χ0n) is 20.2. The van der Waals surface area contributed by atoms with E-state index < -0.39 is 0 Å². The number of phenolic OH excluding ortho intramolecular Hbond substituents is 1. The summed E-state index contributed by atoms with van der Waals surface area (Å²) in [6.45, 7) is 0.714. The number of benzene rings is 2. The zero-order chi connectivity index (χ0) is 25.4. The van der Waals surface area contributed by atoms with Gasteiger partial charge in [0.25, 0.3) is 5.91 Å². The molecule has 0 saturated carbocycles. The minimum absolute atomic E-state index is 0.0100. The molecule has 4 heterocycles. The van der Waals surface area contributed by atoms with Crippen LogP contribution in [0.15, 0.2) is 66.3 Å². The predicted molar refractivity (Wildman–Crippen MR) is 143 cm³/mol. The Kier molecular flexibility index (Phi) is 6.05. The number of thiazole rings is 1. The van der Waals surface area contributed by atoms with Crippen LogP contribution in [-0.4, -0.2) is 49.5 Å². The summed E-state index contributed by atoms with van der Waals surface area (Å²) in [5, 5.41) is 13.6. The SMILES string of the molecule is COc1ncccc1-c1ccc(O)c(-c2nc3cc(C(=O)N4CCCCC4c4nccs4)ccc3[nH]2)c1. The number of methoxy groups -OCH3 is 1. The number of carbonyl (C=O) groups is 1. The van der Waals surface area contributed by atoms with Crippen LogP contribution in [-0.2, 0) is 0 Å². The first-order valence-corrected chi connectivity index (χ1v) is 13.0. The number of pyridine rings is 1. The van der Waals surface area contributed by atoms with Gasteiger partial charge < -0.3 is 19.7 Å². The molecular formula is C28H25N5O3S. The summed E-state index contributed by atoms with van der Waals surface area (Å²) >= 11 is 1.59. The van der Waals surface area contributed by atoms with Crippen LogP contribution in [0.1, 0.15) is 40.7 Å². The second kappa shape index (κ2) is 9.67. The average molecular weight is 512 g/mol. The van der Waals surface area contributed by atoms with Crippen molar-refractivity contribution in [3.05, 3.63) is 76.9 Å². The molecule has 186 valence electrons. The molecule has 2 aromatic carbocycles. The molecule has 0 aliphatic carbocycles. The van der Waals surface area contributed by atoms with Crippen molar-refractivity contribution in [3.8, 4) is 34.1 Å². The predicted octanol–water partition coefficient (Wildman–Crippen LogP) is 5.83. The van der Waals surface area contributed by atoms with Crippen molar-refractivity contribution >= 4 is 28.3 Å². The highest BCUT2D eigenvalue weighted by molar-refractivity contribution is 7.09. The van der Waals surface area contributed by atoms with Gasteiger partial charge in [0.1, 0.15) is 16.6 Å². The molecule has 1 aliphatic rings. The summed E-state index contributed by atoms with van der Waals surface area (Å²) in [5.41, 5.74) is 4.23. The fraction of sp³-hybridized carbons (Fsp3) is 0.214. The number of nitrogens with one attached hydrogen (secondary N) is 1. The Hall–Kier alpha value is -4.24. The highest BCUT2D eigenvalue weighted by Crippen LogP contribution is 2.36. The van der Waals surface area contributed by atoms with Crippen molar-refractivity contribution in [1.29, 1.82) is 0 Å². The number of carbonyl (C=O) groups excluding carboxylic acids is 1. The maximum Gasteiger partial charge on any atom is 0.254 e. The number of aromatic amines is 1. The third kappa shape index (κ3) is 4.31. The summed E-state index contributed by atoms with van der Waals surface area (Å²) in [6.07, 6.45) is 6.46. The van der Waals surface area contributed by atoms with E-state index >= 15 is 0 Å². The number of likely N-dealkylation sites (tertiary alicyclic amines) is 1. The van der Waals surface area contributed by atoms with Crippen LogP contribution in [0.25, 0.3) is 33.5 Å². The van der Waals surface area contributed by atoms with Crippen molar-refractivity contribution in [2.24, 2.45) is 0 Å². The summed E-state index contributed by atoms with van der Waals surface area (Å²) in [5.74, 6) is 1.10. The smallest absolute Gasteiger partial charge is 0.254 e. The van der Waals surface area contributed by atoms with Gasteiger partial charge in [0, 0.05) is 35.4 Å². The average Bonchev–Trinajstić information content (AvgIpc) is 3.63. The van der Waals surface area contributed by atoms with Crippen LogP contribution in [0.4, 0.5) is 0 Å². The highest BCUT2D eigenvalue weighted by atomic mass is 32.1. The lowest BCUT2D eigenvalue weighted by atomic mass is 10.0. The molecule has 1 atom stereocenters. The van der Waals surface area contributed by atoms with E-state index in [0.717, 1.165) is 40.9 Å². The van der Waals surface area contributed by atoms with E-state index in [0.29, 0.717) is 34.9 Å². The zero-order valence-corrected chi connectivity index (χ0v) is 21.0. The Morgan fingerprint density at radius 3 is 2.86 bits per heavy atom. The van der Waals surface area contributed by atoms with Gasteiger partial charge >= 0.3 is 0 Å². The molecule has 8 nitrogen and oxygen atoms in total. The van der Waals surface area contributed by atoms with Crippen LogP contribution in [0.5, 0.6) is 11.6 Å². The number of H-pyrrole nitrogens is 1. The fourth-order valence-electron chi connectivity index (χ4n) is 4.93. The topological polar surface area (TPSA) is 104 Å². The Morgan fingerprint density at radius 1 is 1.11 bits per heavy atom. The lowest BCUT2D eigenvalue weighted by Gasteiger charge is -2.34. The first-order valence-electron chi connectivity index (χ1n) is 12.2. The molecule has 1 saturated heterocycles. The van der Waals surface area contributed by atoms with E-state index in [1.165, 1.54) is 0 Å². The lowest BCUT2D eigenvalue weighted by Crippen LogP contribution is -2.38. The molecule has 0 spiro atoms. The molecule has 0 radical (unpaired) electrons. The summed E-state index contributed by atoms with van der Waals surface area (Å²) in [7, 11) is 1.58. The molecule has 37 heavy (non-hydrogen) atoms. The normalized spacial score (nSPS) is 15.7. The number of hydrogen-bond donors (Lipinski definition) is 2. The second-order valence-electron chi connectivity index (χ2n) is 8.99. The number of aromatic hydroxyl groups is 1. The molecule has 2 N–H and O–H groups in total. The molecule has 6 rings (SSSR count). The number of rotatable bonds is 5. The van der Waals surface area contributed by atoms with Crippen LogP contribution < -0.4 is 4.74 Å². The Morgan fingerprint density at radius 2 is 2.03 bits per heavy atom. The Labute approximate surface area is 217 Å². The van der Waals surface area contributed by atoms with Crippen LogP contribution >= 0.6 is 11.3 Å². The van der Waals surface area contributed by atoms with Crippen molar-refractivity contribution in [3.63, 3.8) is 0 Å². The third-order valence-electron chi connectivity index (χ3n) is 6.76. The number of imidazole rings is 1. The standard InChI is InChI=1S/C28H25N5O3S/c1-36-26-19(5-4-11-29-26)17-8-10-24(34)20(15-17)25-31-21-9-7-18(16-22(21)32-25)28(35)33-13-3-2-6-23(33)27-30-12-14-37-27/h4-5,7-12,14-16,23,34H,2-3,6,13H2,1H3,(H,31,32). The van der Waals surface area contributed by atoms with Gasteiger partial charge in [0.2, 0.25) is 5.88 Å². The molecule has 3 aromatic heterocycles. The second-order valence-corrected chi connectivity index (χ2v) is 9.92. The number of aromatic nitrogens is 4. The van der Waals surface area contributed by atoms with Gasteiger partial charge in [0.05, 0.1) is 29.7 Å². The van der Waals surface area contributed by atoms with Crippen molar-refractivity contribution < 1.29 is 14.6 Å². The van der Waals surface area contributed by atoms with Gasteiger partial charge in [-0.3, -0.25) is 4.79 Å². The largest absolute Gasteiger partial charge is 0.507 e. The van der Waals surface area contributed by atoms with E-state index in [2.05, 4.69) is 15.0 Å². The summed E-state index contributed by atoms with van der Waals surface area (Å²) in [6, 6.07) is 14.6. The first-order chi connectivity index (χ1) is 18.1. The fourth-order valence-corrected chi connectivity index (χ4v) is 5.71. The van der Waals surface area contributed by atoms with Crippen molar-refractivity contribution in [1.82, 2.24) is 24.8 Å². The van der Waals surface area contributed by atoms with Crippen molar-refractivity contribution in [2.45, 2.75) is 25.3 Å². The molecule has 1 unspecified atom stereocenters. The van der Waals surface area contributed by atoms with Gasteiger partial charge in [-0.25, -0.2) is 15.0 Å². The van der Waals surface area contributed by atoms with Crippen molar-refractivity contribution in [2.75, 3.05) is 13.7 Å². The van der Waals surface area contributed by atoms with Crippen LogP contribution in [0.2, 0.25) is 0 Å². The van der Waals surface area contributed by atoms with Gasteiger partial charge in [-0.05, 0) is 67.3 Å². The minimum atomic E-state index is -0.0140. The quantitative estimate of drug-likeness (QED) is 0.308. The van der Waals surface area contributed by atoms with Gasteiger partial charge in [0.15, 0.2) is 0 Å². The number of amides is 1. The molecular weight excluding hydrogens is 486 g/mol. The number of fused-ring (bicyclic) bond motifs is 1. The molecule has 1 fully saturated rings. The van der Waals surface area contributed by atoms with Crippen LogP contribution in [0.3, 0.4) is 0 Å². The Bertz CT molecular complexity index is 1580. The summed E-state index contributed by atoms with van der Waals surface area (Å²) in [4.78, 5) is 32.3. The number of piperidine rings is 1. The van der Waals surface area contributed by atoms with Crippen LogP contribution in [0, 0.1) is 0 Å². The van der Waals surface area contributed by atoms with E-state index in [9.17, 15) is 9.90 Å². The van der Waals surface area contributed by atoms with E-state index in [1.807, 2.05) is 52.7 Å². The number of phenols is 1. The van der Waals surface area contributed by atoms with Gasteiger partial charge in [-0.15, -0.1) is 11.3 Å². The van der Waals surface area contributed by atoms with Gasteiger partial charge in [-0.2, -0.15) is 0 Å². The number of hydrogen-bond acceptors (Lipinski definition) is 7. The maximum atomic E-state index is 13.5. The lowest BCUT2D eigenvalue weighted by molar-refractivity contribution is 0.0611. The molecule has 1 aliphatic heterocycles. The van der Waals surface area contributed by atoms with E-state index in [1.54, 1.807) is 36.9 Å². The summed E-state index contributed by atoms with van der Waals surface area (Å²) < 4.78 is 5.40. The minimum Gasteiger partial charge on any atom is -0.507 e. The Balaban J connectivity index is 1.34. The molecule has 1 amide bonds. The number of nitrogens with zero attached hydrogens (tertiary/aromatic N) is 4. The monoisotopic (exact) mass is 511 g/mol. The maximum absolute atomic E-state index is 13.5. The number of ether oxygens (including phenoxy) is 1. The highest BCUT2D eigenvalue weighted by Gasteiger charge is 2.30. The first kappa shape index (κ1) is 23.2. The van der Waals surface area contributed by atoms with E-state index in [-0.39, 0.29) is 17.7 Å². The molecule has 9 heteroatoms. The van der Waals surface area contributed by atoms with Gasteiger partial charge in [-0.1, -0.05) is 6.07 Å². The molecule has 5 aromatic rings. The molecule has 0 bridgehead atoms.